The van der Waals surface area contributed by atoms with Crippen LogP contribution in [0.1, 0.15) is 29.7 Å². The molecule has 0 bridgehead atoms. The van der Waals surface area contributed by atoms with Crippen molar-refractivity contribution in [2.24, 2.45) is 4.99 Å². The van der Waals surface area contributed by atoms with E-state index in [2.05, 4.69) is 16.0 Å². The van der Waals surface area contributed by atoms with Gasteiger partial charge in [0.15, 0.2) is 4.80 Å². The molecule has 6 nitrogen and oxygen atoms in total. The summed E-state index contributed by atoms with van der Waals surface area (Å²) in [6, 6.07) is 32.0. The van der Waals surface area contributed by atoms with E-state index >= 15 is 0 Å². The molecule has 1 aliphatic heterocycles. The van der Waals surface area contributed by atoms with Gasteiger partial charge in [-0.3, -0.25) is 14.2 Å². The summed E-state index contributed by atoms with van der Waals surface area (Å²) >= 11 is 13.8. The Bertz CT molecular complexity index is 2300. The van der Waals surface area contributed by atoms with Crippen LogP contribution in [0.3, 0.4) is 0 Å². The lowest BCUT2D eigenvalue weighted by Crippen LogP contribution is -2.40. The molecular weight excluding hydrogens is 623 g/mol. The number of carbonyl (C=O) groups is 1. The van der Waals surface area contributed by atoms with Crippen molar-refractivity contribution in [1.29, 1.82) is 0 Å². The SMILES string of the molecule is CC1=C(C(=O)Nc2ccccc2)[C@@H](c2ccccc2)n2c(s/c(=C\c3cn(Cc4ccc(Cl)c(Cl)c4)c4ccccc34)c2=O)=N1. The smallest absolute Gasteiger partial charge is 0.271 e. The van der Waals surface area contributed by atoms with Gasteiger partial charge in [0.05, 0.1) is 31.9 Å². The number of benzene rings is 4. The number of nitrogens with one attached hydrogen (secondary N) is 1. The molecule has 4 aromatic carbocycles. The van der Waals surface area contributed by atoms with Gasteiger partial charge in [-0.15, -0.1) is 0 Å². The van der Waals surface area contributed by atoms with Gasteiger partial charge in [0.2, 0.25) is 0 Å². The van der Waals surface area contributed by atoms with E-state index in [0.717, 1.165) is 27.6 Å². The van der Waals surface area contributed by atoms with Crippen molar-refractivity contribution >= 4 is 63.1 Å². The average molecular weight is 650 g/mol. The van der Waals surface area contributed by atoms with Crippen molar-refractivity contribution in [1.82, 2.24) is 9.13 Å². The molecule has 1 amide bonds. The first kappa shape index (κ1) is 29.0. The third-order valence-electron chi connectivity index (χ3n) is 7.86. The van der Waals surface area contributed by atoms with Crippen LogP contribution in [0.5, 0.6) is 0 Å². The van der Waals surface area contributed by atoms with Crippen molar-refractivity contribution in [3.05, 3.63) is 167 Å². The van der Waals surface area contributed by atoms with Crippen molar-refractivity contribution in [3.8, 4) is 0 Å². The van der Waals surface area contributed by atoms with Gasteiger partial charge in [-0.1, -0.05) is 107 Å². The van der Waals surface area contributed by atoms with Crippen LogP contribution in [-0.4, -0.2) is 15.0 Å². The normalized spacial score (nSPS) is 14.8. The largest absolute Gasteiger partial charge is 0.342 e. The minimum Gasteiger partial charge on any atom is -0.342 e. The summed E-state index contributed by atoms with van der Waals surface area (Å²) in [6.07, 6.45) is 3.96. The van der Waals surface area contributed by atoms with E-state index in [0.29, 0.717) is 42.9 Å². The monoisotopic (exact) mass is 648 g/mol. The molecule has 222 valence electrons. The zero-order chi connectivity index (χ0) is 31.1. The first-order chi connectivity index (χ1) is 21.9. The predicted octanol–water partition coefficient (Wildman–Crippen LogP) is 7.18. The second-order valence-corrected chi connectivity index (χ2v) is 12.6. The topological polar surface area (TPSA) is 68.4 Å². The van der Waals surface area contributed by atoms with E-state index in [-0.39, 0.29) is 11.5 Å². The van der Waals surface area contributed by atoms with Gasteiger partial charge in [-0.25, -0.2) is 4.99 Å². The van der Waals surface area contributed by atoms with Gasteiger partial charge in [0, 0.05) is 34.9 Å². The molecular formula is C36H26Cl2N4O2S. The summed E-state index contributed by atoms with van der Waals surface area (Å²) in [5.74, 6) is -0.295. The molecule has 0 radical (unpaired) electrons. The number of thiazole rings is 1. The summed E-state index contributed by atoms with van der Waals surface area (Å²) in [5.41, 5.74) is 5.25. The number of carbonyl (C=O) groups excluding carboxylic acids is 1. The highest BCUT2D eigenvalue weighted by Crippen LogP contribution is 2.31. The van der Waals surface area contributed by atoms with Crippen molar-refractivity contribution in [2.45, 2.75) is 19.5 Å². The van der Waals surface area contributed by atoms with Gasteiger partial charge in [-0.05, 0) is 54.5 Å². The van der Waals surface area contributed by atoms with Crippen LogP contribution in [0.25, 0.3) is 17.0 Å². The number of allylic oxidation sites excluding steroid dienone is 1. The number of fused-ring (bicyclic) bond motifs is 2. The Labute approximate surface area is 272 Å². The number of anilines is 1. The first-order valence-electron chi connectivity index (χ1n) is 14.3. The third-order valence-corrected chi connectivity index (χ3v) is 9.58. The van der Waals surface area contributed by atoms with E-state index in [4.69, 9.17) is 28.2 Å². The summed E-state index contributed by atoms with van der Waals surface area (Å²) in [5, 5.41) is 5.03. The number of nitrogens with zero attached hydrogens (tertiary/aromatic N) is 3. The summed E-state index contributed by atoms with van der Waals surface area (Å²) < 4.78 is 4.32. The standard InChI is InChI=1S/C36H26Cl2N4O2S/c1-22-32(34(43)40-26-12-6-3-7-13-26)33(24-10-4-2-5-11-24)42-35(44)31(45-36(42)39-22)19-25-21-41(30-15-9-8-14-27(25)30)20-23-16-17-28(37)29(38)18-23/h2-19,21,33H,20H2,1H3,(H,40,43)/b31-19-/t33-/m1/s1. The molecule has 0 unspecified atom stereocenters. The molecule has 1 N–H and O–H groups in total. The second-order valence-electron chi connectivity index (χ2n) is 10.8. The van der Waals surface area contributed by atoms with Crippen molar-refractivity contribution < 1.29 is 4.79 Å². The first-order valence-corrected chi connectivity index (χ1v) is 15.9. The van der Waals surface area contributed by atoms with E-state index in [1.54, 1.807) is 10.6 Å². The Hall–Kier alpha value is -4.69. The van der Waals surface area contributed by atoms with Crippen LogP contribution in [0, 0.1) is 0 Å². The third kappa shape index (κ3) is 5.55. The van der Waals surface area contributed by atoms with Crippen LogP contribution in [0.2, 0.25) is 10.0 Å². The maximum Gasteiger partial charge on any atom is 0.271 e. The van der Waals surface area contributed by atoms with Crippen LogP contribution in [0.15, 0.2) is 130 Å². The molecule has 45 heavy (non-hydrogen) atoms. The minimum absolute atomic E-state index is 0.202. The van der Waals surface area contributed by atoms with Crippen LogP contribution in [-0.2, 0) is 11.3 Å². The Balaban J connectivity index is 1.34. The van der Waals surface area contributed by atoms with Crippen LogP contribution in [0.4, 0.5) is 5.69 Å². The number of rotatable bonds is 6. The number of para-hydroxylation sites is 2. The maximum absolute atomic E-state index is 14.2. The van der Waals surface area contributed by atoms with Gasteiger partial charge in [-0.2, -0.15) is 0 Å². The molecule has 0 saturated carbocycles. The molecule has 1 atom stereocenters. The molecule has 7 rings (SSSR count). The van der Waals surface area contributed by atoms with E-state index < -0.39 is 6.04 Å². The van der Waals surface area contributed by atoms with Gasteiger partial charge in [0.25, 0.3) is 11.5 Å². The number of hydrogen-bond acceptors (Lipinski definition) is 4. The second kappa shape index (κ2) is 12.0. The van der Waals surface area contributed by atoms with Crippen LogP contribution < -0.4 is 20.2 Å². The predicted molar refractivity (Wildman–Crippen MR) is 183 cm³/mol. The zero-order valence-corrected chi connectivity index (χ0v) is 26.4. The fourth-order valence-corrected chi connectivity index (χ4v) is 7.14. The molecule has 2 aromatic heterocycles. The average Bonchev–Trinajstić information content (AvgIpc) is 3.55. The lowest BCUT2D eigenvalue weighted by Gasteiger charge is -2.25. The van der Waals surface area contributed by atoms with Crippen molar-refractivity contribution in [2.75, 3.05) is 5.32 Å². The highest BCUT2D eigenvalue weighted by molar-refractivity contribution is 7.07. The Kier molecular flexibility index (Phi) is 7.75. The van der Waals surface area contributed by atoms with E-state index in [1.165, 1.54) is 11.3 Å². The van der Waals surface area contributed by atoms with Gasteiger partial charge in [0.1, 0.15) is 0 Å². The molecule has 9 heteroatoms. The molecule has 6 aromatic rings. The van der Waals surface area contributed by atoms with Gasteiger partial charge >= 0.3 is 0 Å². The molecule has 0 fully saturated rings. The quantitative estimate of drug-likeness (QED) is 0.208. The Morgan fingerprint density at radius 2 is 1.64 bits per heavy atom. The molecule has 0 saturated heterocycles. The Morgan fingerprint density at radius 1 is 0.933 bits per heavy atom. The zero-order valence-electron chi connectivity index (χ0n) is 24.1. The van der Waals surface area contributed by atoms with Gasteiger partial charge < -0.3 is 9.88 Å². The van der Waals surface area contributed by atoms with E-state index in [9.17, 15) is 9.59 Å². The minimum atomic E-state index is -0.635. The lowest BCUT2D eigenvalue weighted by molar-refractivity contribution is -0.113. The number of aromatic nitrogens is 2. The number of amides is 1. The summed E-state index contributed by atoms with van der Waals surface area (Å²) in [4.78, 5) is 33.3. The fourth-order valence-electron chi connectivity index (χ4n) is 5.78. The highest BCUT2D eigenvalue weighted by atomic mass is 35.5. The lowest BCUT2D eigenvalue weighted by atomic mass is 9.95. The molecule has 0 spiro atoms. The maximum atomic E-state index is 14.2. The molecule has 3 heterocycles. The van der Waals surface area contributed by atoms with Crippen LogP contribution >= 0.6 is 34.5 Å². The van der Waals surface area contributed by atoms with E-state index in [1.807, 2.05) is 110 Å². The summed E-state index contributed by atoms with van der Waals surface area (Å²) in [7, 11) is 0. The highest BCUT2D eigenvalue weighted by Gasteiger charge is 2.32. The Morgan fingerprint density at radius 3 is 2.40 bits per heavy atom. The molecule has 0 aliphatic carbocycles. The molecule has 1 aliphatic rings. The summed E-state index contributed by atoms with van der Waals surface area (Å²) in [6.45, 7) is 2.41. The number of hydrogen-bond donors (Lipinski definition) is 1. The fraction of sp³-hybridized carbons (Fsp3) is 0.0833. The van der Waals surface area contributed by atoms with Crippen molar-refractivity contribution in [3.63, 3.8) is 0 Å². The number of halogens is 2.